The first kappa shape index (κ1) is 17.7. The third kappa shape index (κ3) is 5.20. The largest absolute Gasteiger partial charge is 0.465 e. The fraction of sp³-hybridized carbons (Fsp3) is 0.176. The highest BCUT2D eigenvalue weighted by Gasteiger charge is 2.14. The summed E-state index contributed by atoms with van der Waals surface area (Å²) in [7, 11) is 1.33. The molecule has 1 aromatic heterocycles. The molecular weight excluding hydrogens is 326 g/mol. The number of nitrogens with zero attached hydrogens (tertiary/aromatic N) is 2. The number of esters is 1. The lowest BCUT2D eigenvalue weighted by Crippen LogP contribution is -2.26. The number of carbonyl (C=O) groups is 2. The van der Waals surface area contributed by atoms with Crippen molar-refractivity contribution in [2.45, 2.75) is 17.2 Å². The summed E-state index contributed by atoms with van der Waals surface area (Å²) >= 11 is 1.36. The van der Waals surface area contributed by atoms with Crippen LogP contribution in [0.3, 0.4) is 0 Å². The molecule has 6 nitrogen and oxygen atoms in total. The molecule has 0 bridgehead atoms. The SMILES string of the molecule is COC(=O)c1ccc(/C=N\NC(=O)[C@@H](C)Sc2ccccn2)cc1. The highest BCUT2D eigenvalue weighted by Crippen LogP contribution is 2.20. The molecule has 0 fully saturated rings. The maximum Gasteiger partial charge on any atom is 0.337 e. The molecule has 1 atom stereocenters. The van der Waals surface area contributed by atoms with Gasteiger partial charge < -0.3 is 4.74 Å². The Morgan fingerprint density at radius 3 is 2.62 bits per heavy atom. The van der Waals surface area contributed by atoms with Gasteiger partial charge in [-0.1, -0.05) is 30.0 Å². The minimum Gasteiger partial charge on any atom is -0.465 e. The van der Waals surface area contributed by atoms with Gasteiger partial charge in [0.2, 0.25) is 0 Å². The van der Waals surface area contributed by atoms with Crippen molar-refractivity contribution in [3.63, 3.8) is 0 Å². The minimum absolute atomic E-state index is 0.215. The van der Waals surface area contributed by atoms with Crippen molar-refractivity contribution in [3.8, 4) is 0 Å². The van der Waals surface area contributed by atoms with Gasteiger partial charge in [0.15, 0.2) is 0 Å². The summed E-state index contributed by atoms with van der Waals surface area (Å²) in [6.45, 7) is 1.79. The number of hydrogen-bond acceptors (Lipinski definition) is 6. The number of pyridine rings is 1. The first-order valence-corrected chi connectivity index (χ1v) is 8.07. The number of aromatic nitrogens is 1. The fourth-order valence-corrected chi connectivity index (χ4v) is 2.54. The van der Waals surface area contributed by atoms with Crippen molar-refractivity contribution in [1.29, 1.82) is 0 Å². The molecule has 0 spiro atoms. The van der Waals surface area contributed by atoms with Gasteiger partial charge in [-0.2, -0.15) is 5.10 Å². The topological polar surface area (TPSA) is 80.6 Å². The number of hydrogen-bond donors (Lipinski definition) is 1. The average Bonchev–Trinajstić information content (AvgIpc) is 2.62. The summed E-state index contributed by atoms with van der Waals surface area (Å²) in [6.07, 6.45) is 3.19. The van der Waals surface area contributed by atoms with E-state index in [1.54, 1.807) is 37.4 Å². The number of benzene rings is 1. The number of thioether (sulfide) groups is 1. The summed E-state index contributed by atoms with van der Waals surface area (Å²) in [5.41, 5.74) is 3.70. The van der Waals surface area contributed by atoms with E-state index in [9.17, 15) is 9.59 Å². The zero-order chi connectivity index (χ0) is 17.4. The van der Waals surface area contributed by atoms with Crippen LogP contribution in [-0.4, -0.2) is 35.4 Å². The Kier molecular flexibility index (Phi) is 6.51. The van der Waals surface area contributed by atoms with Crippen molar-refractivity contribution in [2.24, 2.45) is 5.10 Å². The van der Waals surface area contributed by atoms with Crippen molar-refractivity contribution in [1.82, 2.24) is 10.4 Å². The van der Waals surface area contributed by atoms with Gasteiger partial charge in [-0.3, -0.25) is 4.79 Å². The fourth-order valence-electron chi connectivity index (χ4n) is 1.74. The summed E-state index contributed by atoms with van der Waals surface area (Å²) in [5, 5.41) is 4.38. The molecule has 0 unspecified atom stereocenters. The summed E-state index contributed by atoms with van der Waals surface area (Å²) in [6, 6.07) is 12.2. The highest BCUT2D eigenvalue weighted by atomic mass is 32.2. The molecule has 0 radical (unpaired) electrons. The summed E-state index contributed by atoms with van der Waals surface area (Å²) in [5.74, 6) is -0.611. The maximum absolute atomic E-state index is 12.0. The van der Waals surface area contributed by atoms with Crippen molar-refractivity contribution >= 4 is 29.9 Å². The van der Waals surface area contributed by atoms with Gasteiger partial charge >= 0.3 is 5.97 Å². The zero-order valence-corrected chi connectivity index (χ0v) is 14.1. The maximum atomic E-state index is 12.0. The number of ether oxygens (including phenoxy) is 1. The number of hydrazone groups is 1. The van der Waals surface area contributed by atoms with Gasteiger partial charge in [-0.25, -0.2) is 15.2 Å². The van der Waals surface area contributed by atoms with Gasteiger partial charge in [-0.15, -0.1) is 0 Å². The van der Waals surface area contributed by atoms with Crippen LogP contribution >= 0.6 is 11.8 Å². The van der Waals surface area contributed by atoms with Crippen LogP contribution in [0.15, 0.2) is 58.8 Å². The summed E-state index contributed by atoms with van der Waals surface area (Å²) in [4.78, 5) is 27.5. The van der Waals surface area contributed by atoms with Crippen LogP contribution in [0.5, 0.6) is 0 Å². The average molecular weight is 343 g/mol. The first-order valence-electron chi connectivity index (χ1n) is 7.19. The monoisotopic (exact) mass is 343 g/mol. The Morgan fingerprint density at radius 1 is 1.25 bits per heavy atom. The zero-order valence-electron chi connectivity index (χ0n) is 13.3. The quantitative estimate of drug-likeness (QED) is 0.377. The number of carbonyl (C=O) groups excluding carboxylic acids is 2. The Morgan fingerprint density at radius 2 is 2.00 bits per heavy atom. The molecule has 0 aliphatic rings. The molecule has 24 heavy (non-hydrogen) atoms. The number of amides is 1. The Bertz CT molecular complexity index is 718. The molecular formula is C17H17N3O3S. The van der Waals surface area contributed by atoms with E-state index in [2.05, 4.69) is 20.2 Å². The lowest BCUT2D eigenvalue weighted by Gasteiger charge is -2.08. The molecule has 0 aliphatic carbocycles. The van der Waals surface area contributed by atoms with Crippen LogP contribution in [0, 0.1) is 0 Å². The van der Waals surface area contributed by atoms with E-state index in [1.807, 2.05) is 18.2 Å². The van der Waals surface area contributed by atoms with Crippen LogP contribution in [0.25, 0.3) is 0 Å². The number of methoxy groups -OCH3 is 1. The summed E-state index contributed by atoms with van der Waals surface area (Å²) < 4.78 is 4.63. The van der Waals surface area contributed by atoms with E-state index in [4.69, 9.17) is 0 Å². The van der Waals surface area contributed by atoms with Crippen molar-refractivity contribution in [2.75, 3.05) is 7.11 Å². The predicted molar refractivity (Wildman–Crippen MR) is 93.1 cm³/mol. The molecule has 0 saturated carbocycles. The van der Waals surface area contributed by atoms with Crippen LogP contribution in [0.4, 0.5) is 0 Å². The van der Waals surface area contributed by atoms with Gasteiger partial charge in [0, 0.05) is 6.20 Å². The lowest BCUT2D eigenvalue weighted by atomic mass is 10.1. The van der Waals surface area contributed by atoms with Crippen molar-refractivity contribution < 1.29 is 14.3 Å². The van der Waals surface area contributed by atoms with E-state index in [-0.39, 0.29) is 11.2 Å². The molecule has 0 saturated heterocycles. The van der Waals surface area contributed by atoms with Gasteiger partial charge in [0.1, 0.15) is 0 Å². The van der Waals surface area contributed by atoms with E-state index in [1.165, 1.54) is 25.1 Å². The Hall–Kier alpha value is -2.67. The molecule has 7 heteroatoms. The van der Waals surface area contributed by atoms with Crippen molar-refractivity contribution in [3.05, 3.63) is 59.8 Å². The minimum atomic E-state index is -0.396. The Balaban J connectivity index is 1.86. The third-order valence-electron chi connectivity index (χ3n) is 3.02. The van der Waals surface area contributed by atoms with Crippen LogP contribution in [-0.2, 0) is 9.53 Å². The highest BCUT2D eigenvalue weighted by molar-refractivity contribution is 8.00. The first-order chi connectivity index (χ1) is 11.6. The molecule has 1 N–H and O–H groups in total. The third-order valence-corrected chi connectivity index (χ3v) is 4.08. The molecule has 2 aromatic rings. The standard InChI is InChI=1S/C17H17N3O3S/c1-12(24-15-5-3-4-10-18-15)16(21)20-19-11-13-6-8-14(9-7-13)17(22)23-2/h3-12H,1-2H3,(H,20,21)/b19-11-/t12-/m1/s1. The predicted octanol–water partition coefficient (Wildman–Crippen LogP) is 2.50. The molecule has 1 amide bonds. The van der Waals surface area contributed by atoms with Gasteiger partial charge in [0.05, 0.1) is 29.2 Å². The van der Waals surface area contributed by atoms with Crippen LogP contribution in [0.2, 0.25) is 0 Å². The second-order valence-corrected chi connectivity index (χ2v) is 6.14. The smallest absolute Gasteiger partial charge is 0.337 e. The second-order valence-electron chi connectivity index (χ2n) is 4.78. The van der Waals surface area contributed by atoms with Gasteiger partial charge in [0.25, 0.3) is 5.91 Å². The lowest BCUT2D eigenvalue weighted by molar-refractivity contribution is -0.120. The second kappa shape index (κ2) is 8.83. The van der Waals surface area contributed by atoms with Crippen LogP contribution < -0.4 is 5.43 Å². The van der Waals surface area contributed by atoms with Gasteiger partial charge in [-0.05, 0) is 36.8 Å². The van der Waals surface area contributed by atoms with E-state index in [0.717, 1.165) is 10.6 Å². The molecule has 1 heterocycles. The number of nitrogens with one attached hydrogen (secondary N) is 1. The molecule has 0 aliphatic heterocycles. The van der Waals surface area contributed by atoms with Crippen LogP contribution in [0.1, 0.15) is 22.8 Å². The van der Waals surface area contributed by atoms with E-state index < -0.39 is 5.97 Å². The molecule has 1 aromatic carbocycles. The molecule has 2 rings (SSSR count). The van der Waals surface area contributed by atoms with E-state index >= 15 is 0 Å². The van der Waals surface area contributed by atoms with E-state index in [0.29, 0.717) is 5.56 Å². The molecule has 124 valence electrons. The normalized spacial score (nSPS) is 11.9. The Labute approximate surface area is 144 Å². The number of rotatable bonds is 6.